The van der Waals surface area contributed by atoms with Gasteiger partial charge in [0.2, 0.25) is 0 Å². The average molecular weight is 510 g/mol. The fourth-order valence-electron chi connectivity index (χ4n) is 3.74. The van der Waals surface area contributed by atoms with E-state index in [0.29, 0.717) is 23.9 Å². The summed E-state index contributed by atoms with van der Waals surface area (Å²) in [6, 6.07) is 22.0. The van der Waals surface area contributed by atoms with Crippen molar-refractivity contribution in [3.63, 3.8) is 0 Å². The summed E-state index contributed by atoms with van der Waals surface area (Å²) in [5.74, 6) is -0.244. The standard InChI is InChI=1S/C29H32ClNO3S/c1-21-8-9-24(17-22(21)2)18-25(26-5-3-7-27(30)19-26)6-4-16-35(34)28-12-10-23(11-13-28)20-31-15-14-29(32)33/h3,5,7-13,17-19,31H,4,6,14-16,20H2,1-2H3,(H,32,33)/b25-18+. The number of carboxylic acids is 1. The highest BCUT2D eigenvalue weighted by Gasteiger charge is 2.12. The summed E-state index contributed by atoms with van der Waals surface area (Å²) in [5.41, 5.74) is 6.97. The number of benzene rings is 3. The Morgan fingerprint density at radius 2 is 1.80 bits per heavy atom. The van der Waals surface area contributed by atoms with Crippen molar-refractivity contribution in [1.29, 1.82) is 0 Å². The number of halogens is 1. The molecule has 0 heterocycles. The predicted octanol–water partition coefficient (Wildman–Crippen LogP) is 6.65. The minimum Gasteiger partial charge on any atom is -0.611 e. The molecule has 184 valence electrons. The van der Waals surface area contributed by atoms with E-state index in [1.165, 1.54) is 16.7 Å². The van der Waals surface area contributed by atoms with E-state index in [4.69, 9.17) is 16.7 Å². The van der Waals surface area contributed by atoms with Crippen LogP contribution in [0.15, 0.2) is 71.6 Å². The average Bonchev–Trinajstić information content (AvgIpc) is 2.83. The maximum Gasteiger partial charge on any atom is 0.304 e. The number of aliphatic carboxylic acids is 1. The molecule has 6 heteroatoms. The smallest absolute Gasteiger partial charge is 0.304 e. The van der Waals surface area contributed by atoms with Gasteiger partial charge in [-0.2, -0.15) is 0 Å². The van der Waals surface area contributed by atoms with Gasteiger partial charge in [-0.1, -0.05) is 60.1 Å². The highest BCUT2D eigenvalue weighted by Crippen LogP contribution is 2.27. The summed E-state index contributed by atoms with van der Waals surface area (Å²) >= 11 is 5.18. The maximum absolute atomic E-state index is 12.9. The van der Waals surface area contributed by atoms with Gasteiger partial charge in [-0.25, -0.2) is 0 Å². The van der Waals surface area contributed by atoms with Gasteiger partial charge in [-0.3, -0.25) is 4.79 Å². The molecular weight excluding hydrogens is 478 g/mol. The minimum absolute atomic E-state index is 0.0945. The molecule has 0 aromatic heterocycles. The molecule has 3 aromatic rings. The van der Waals surface area contributed by atoms with E-state index in [9.17, 15) is 9.35 Å². The van der Waals surface area contributed by atoms with Crippen LogP contribution in [0.3, 0.4) is 0 Å². The van der Waals surface area contributed by atoms with Crippen LogP contribution in [0.1, 0.15) is 47.1 Å². The third-order valence-electron chi connectivity index (χ3n) is 5.87. The van der Waals surface area contributed by atoms with Crippen molar-refractivity contribution < 1.29 is 14.5 Å². The Morgan fingerprint density at radius 1 is 1.03 bits per heavy atom. The van der Waals surface area contributed by atoms with Gasteiger partial charge in [-0.05, 0) is 95.5 Å². The topological polar surface area (TPSA) is 72.4 Å². The zero-order valence-corrected chi connectivity index (χ0v) is 21.8. The van der Waals surface area contributed by atoms with Crippen LogP contribution in [0.5, 0.6) is 0 Å². The van der Waals surface area contributed by atoms with Crippen molar-refractivity contribution in [2.24, 2.45) is 0 Å². The SMILES string of the molecule is Cc1ccc(/C=C(\CCC[S+]([O-])c2ccc(CNCCC(=O)O)cc2)c2cccc(Cl)c2)cc1C. The van der Waals surface area contributed by atoms with Gasteiger partial charge in [0.05, 0.1) is 6.42 Å². The molecule has 0 fully saturated rings. The Bertz CT molecular complexity index is 1160. The quantitative estimate of drug-likeness (QED) is 0.163. The minimum atomic E-state index is -1.09. The van der Waals surface area contributed by atoms with E-state index in [1.54, 1.807) is 0 Å². The largest absolute Gasteiger partial charge is 0.611 e. The van der Waals surface area contributed by atoms with Gasteiger partial charge in [0, 0.05) is 18.1 Å². The van der Waals surface area contributed by atoms with E-state index in [0.717, 1.165) is 34.4 Å². The molecular formula is C29H32ClNO3S. The summed E-state index contributed by atoms with van der Waals surface area (Å²) in [6.45, 7) is 5.24. The number of allylic oxidation sites excluding steroid dienone is 1. The van der Waals surface area contributed by atoms with Gasteiger partial charge in [0.25, 0.3) is 0 Å². The second-order valence-corrected chi connectivity index (χ2v) is 10.6. The van der Waals surface area contributed by atoms with Crippen LogP contribution in [-0.2, 0) is 22.5 Å². The first-order valence-electron chi connectivity index (χ1n) is 11.8. The Morgan fingerprint density at radius 3 is 2.49 bits per heavy atom. The van der Waals surface area contributed by atoms with Crippen LogP contribution in [-0.4, -0.2) is 27.9 Å². The number of aryl methyl sites for hydroxylation is 2. The van der Waals surface area contributed by atoms with Crippen molar-refractivity contribution in [3.8, 4) is 0 Å². The van der Waals surface area contributed by atoms with Crippen LogP contribution in [0.25, 0.3) is 11.6 Å². The lowest BCUT2D eigenvalue weighted by molar-refractivity contribution is -0.136. The van der Waals surface area contributed by atoms with Gasteiger partial charge in [0.1, 0.15) is 5.75 Å². The van der Waals surface area contributed by atoms with Gasteiger partial charge < -0.3 is 15.0 Å². The number of hydrogen-bond acceptors (Lipinski definition) is 3. The molecule has 35 heavy (non-hydrogen) atoms. The van der Waals surface area contributed by atoms with Gasteiger partial charge in [-0.15, -0.1) is 0 Å². The molecule has 0 spiro atoms. The fraction of sp³-hybridized carbons (Fsp3) is 0.276. The molecule has 2 N–H and O–H groups in total. The van der Waals surface area contributed by atoms with Gasteiger partial charge >= 0.3 is 5.97 Å². The van der Waals surface area contributed by atoms with Crippen molar-refractivity contribution in [2.75, 3.05) is 12.3 Å². The Hall–Kier alpha value is -2.57. The third-order valence-corrected chi connectivity index (χ3v) is 7.57. The molecule has 1 unspecified atom stereocenters. The van der Waals surface area contributed by atoms with E-state index in [2.05, 4.69) is 49.5 Å². The molecule has 0 radical (unpaired) electrons. The van der Waals surface area contributed by atoms with E-state index >= 15 is 0 Å². The van der Waals surface area contributed by atoms with Crippen molar-refractivity contribution >= 4 is 40.4 Å². The summed E-state index contributed by atoms with van der Waals surface area (Å²) < 4.78 is 12.9. The molecule has 0 bridgehead atoms. The first-order chi connectivity index (χ1) is 16.8. The lowest BCUT2D eigenvalue weighted by Crippen LogP contribution is -2.17. The Balaban J connectivity index is 1.62. The first-order valence-corrected chi connectivity index (χ1v) is 13.4. The normalized spacial score (nSPS) is 12.5. The monoisotopic (exact) mass is 509 g/mol. The molecule has 0 saturated heterocycles. The predicted molar refractivity (Wildman–Crippen MR) is 146 cm³/mol. The lowest BCUT2D eigenvalue weighted by Gasteiger charge is -2.13. The lowest BCUT2D eigenvalue weighted by atomic mass is 9.97. The molecule has 0 saturated carbocycles. The molecule has 0 aliphatic heterocycles. The third kappa shape index (κ3) is 8.86. The number of nitrogens with one attached hydrogen (secondary N) is 1. The van der Waals surface area contributed by atoms with Crippen LogP contribution >= 0.6 is 11.6 Å². The maximum atomic E-state index is 12.9. The van der Waals surface area contributed by atoms with Crippen molar-refractivity contribution in [3.05, 3.63) is 99.6 Å². The summed E-state index contributed by atoms with van der Waals surface area (Å²) in [5, 5.41) is 12.5. The molecule has 0 aliphatic carbocycles. The number of carboxylic acid groups (broad SMARTS) is 1. The zero-order chi connectivity index (χ0) is 25.2. The fourth-order valence-corrected chi connectivity index (χ4v) is 5.01. The summed E-state index contributed by atoms with van der Waals surface area (Å²) in [7, 11) is 0. The molecule has 0 amide bonds. The van der Waals surface area contributed by atoms with Crippen molar-refractivity contribution in [2.45, 2.75) is 44.6 Å². The summed E-state index contributed by atoms with van der Waals surface area (Å²) in [4.78, 5) is 11.4. The highest BCUT2D eigenvalue weighted by atomic mass is 35.5. The molecule has 3 aromatic carbocycles. The van der Waals surface area contributed by atoms with Crippen LogP contribution in [0.2, 0.25) is 5.02 Å². The Kier molecular flexibility index (Phi) is 10.4. The Labute approximate surface area is 216 Å². The van der Waals surface area contributed by atoms with Crippen molar-refractivity contribution in [1.82, 2.24) is 5.32 Å². The molecule has 0 aliphatic rings. The molecule has 3 rings (SSSR count). The molecule has 4 nitrogen and oxygen atoms in total. The highest BCUT2D eigenvalue weighted by molar-refractivity contribution is 7.91. The van der Waals surface area contributed by atoms with E-state index < -0.39 is 17.1 Å². The van der Waals surface area contributed by atoms with Crippen LogP contribution in [0, 0.1) is 13.8 Å². The van der Waals surface area contributed by atoms with E-state index in [1.807, 2.05) is 42.5 Å². The number of hydrogen-bond donors (Lipinski definition) is 2. The second-order valence-electron chi connectivity index (χ2n) is 8.64. The zero-order valence-electron chi connectivity index (χ0n) is 20.2. The second kappa shape index (κ2) is 13.5. The van der Waals surface area contributed by atoms with Crippen LogP contribution in [0.4, 0.5) is 0 Å². The van der Waals surface area contributed by atoms with Crippen LogP contribution < -0.4 is 5.32 Å². The molecule has 1 atom stereocenters. The number of rotatable bonds is 12. The first kappa shape index (κ1) is 27.0. The number of carbonyl (C=O) groups is 1. The summed E-state index contributed by atoms with van der Waals surface area (Å²) in [6.07, 6.45) is 3.88. The van der Waals surface area contributed by atoms with E-state index in [-0.39, 0.29) is 6.42 Å². The van der Waals surface area contributed by atoms with Gasteiger partial charge in [0.15, 0.2) is 4.90 Å².